The summed E-state index contributed by atoms with van der Waals surface area (Å²) >= 11 is 0. The van der Waals surface area contributed by atoms with Crippen molar-refractivity contribution in [2.24, 2.45) is 0 Å². The van der Waals surface area contributed by atoms with E-state index in [1.807, 2.05) is 36.1 Å². The smallest absolute Gasteiger partial charge is 0.225 e. The van der Waals surface area contributed by atoms with Crippen LogP contribution in [0.1, 0.15) is 45.6 Å². The van der Waals surface area contributed by atoms with Crippen LogP contribution in [0.15, 0.2) is 24.3 Å². The van der Waals surface area contributed by atoms with E-state index in [-0.39, 0.29) is 18.2 Å². The molecule has 144 valence electrons. The zero-order chi connectivity index (χ0) is 19.2. The molecule has 1 atom stereocenters. The standard InChI is InChI=1S/C20H31N3O3/c1-4-20(3,26)14-19(25)23-11-5-10-22(12-13-23)15-17-6-8-18(9-7-17)21-16(2)24/h6-9,26H,4-5,10-15H2,1-3H3,(H,21,24). The minimum absolute atomic E-state index is 0.0401. The molecule has 1 aliphatic rings. The number of nitrogens with one attached hydrogen (secondary N) is 1. The molecule has 0 spiro atoms. The maximum absolute atomic E-state index is 12.4. The molecule has 1 aromatic rings. The molecule has 1 aliphatic heterocycles. The summed E-state index contributed by atoms with van der Waals surface area (Å²) in [7, 11) is 0. The molecule has 26 heavy (non-hydrogen) atoms. The minimum Gasteiger partial charge on any atom is -0.390 e. The van der Waals surface area contributed by atoms with Crippen LogP contribution in [0.25, 0.3) is 0 Å². The zero-order valence-electron chi connectivity index (χ0n) is 16.1. The predicted octanol–water partition coefficient (Wildman–Crippen LogP) is 2.23. The highest BCUT2D eigenvalue weighted by atomic mass is 16.3. The van der Waals surface area contributed by atoms with Gasteiger partial charge in [-0.25, -0.2) is 0 Å². The lowest BCUT2D eigenvalue weighted by molar-refractivity contribution is -0.135. The highest BCUT2D eigenvalue weighted by Crippen LogP contribution is 2.17. The highest BCUT2D eigenvalue weighted by Gasteiger charge is 2.26. The fourth-order valence-electron chi connectivity index (χ4n) is 3.10. The van der Waals surface area contributed by atoms with Crippen molar-refractivity contribution < 1.29 is 14.7 Å². The summed E-state index contributed by atoms with van der Waals surface area (Å²) in [6, 6.07) is 7.88. The topological polar surface area (TPSA) is 72.9 Å². The fourth-order valence-corrected chi connectivity index (χ4v) is 3.10. The van der Waals surface area contributed by atoms with Crippen molar-refractivity contribution in [2.45, 2.75) is 52.2 Å². The number of rotatable bonds is 6. The molecule has 6 nitrogen and oxygen atoms in total. The van der Waals surface area contributed by atoms with Gasteiger partial charge in [0.25, 0.3) is 0 Å². The number of anilines is 1. The van der Waals surface area contributed by atoms with E-state index >= 15 is 0 Å². The maximum atomic E-state index is 12.4. The number of benzene rings is 1. The second kappa shape index (κ2) is 9.14. The lowest BCUT2D eigenvalue weighted by Gasteiger charge is -2.26. The molecule has 1 aromatic carbocycles. The van der Waals surface area contributed by atoms with E-state index in [1.165, 1.54) is 12.5 Å². The van der Waals surface area contributed by atoms with Gasteiger partial charge in [0, 0.05) is 45.3 Å². The number of hydrogen-bond acceptors (Lipinski definition) is 4. The van der Waals surface area contributed by atoms with Crippen molar-refractivity contribution in [3.63, 3.8) is 0 Å². The molecule has 0 aromatic heterocycles. The van der Waals surface area contributed by atoms with E-state index < -0.39 is 5.60 Å². The first kappa shape index (κ1) is 20.4. The van der Waals surface area contributed by atoms with Crippen LogP contribution in [-0.4, -0.2) is 58.5 Å². The first-order valence-corrected chi connectivity index (χ1v) is 9.38. The van der Waals surface area contributed by atoms with E-state index in [2.05, 4.69) is 10.2 Å². The summed E-state index contributed by atoms with van der Waals surface area (Å²) in [4.78, 5) is 27.7. The monoisotopic (exact) mass is 361 g/mol. The van der Waals surface area contributed by atoms with Crippen LogP contribution in [0, 0.1) is 0 Å². The zero-order valence-corrected chi connectivity index (χ0v) is 16.1. The minimum atomic E-state index is -0.918. The Kier molecular flexibility index (Phi) is 7.17. The molecule has 2 amide bonds. The highest BCUT2D eigenvalue weighted by molar-refractivity contribution is 5.88. The number of carbonyl (C=O) groups excluding carboxylic acids is 2. The van der Waals surface area contributed by atoms with Gasteiger partial charge >= 0.3 is 0 Å². The Morgan fingerprint density at radius 2 is 1.85 bits per heavy atom. The van der Waals surface area contributed by atoms with E-state index in [9.17, 15) is 14.7 Å². The molecule has 1 heterocycles. The van der Waals surface area contributed by atoms with Crippen molar-refractivity contribution in [3.8, 4) is 0 Å². The molecule has 0 bridgehead atoms. The third-order valence-electron chi connectivity index (χ3n) is 4.92. The summed E-state index contributed by atoms with van der Waals surface area (Å²) in [5.41, 5.74) is 1.07. The first-order chi connectivity index (χ1) is 12.3. The number of amides is 2. The van der Waals surface area contributed by atoms with Crippen LogP contribution in [0.3, 0.4) is 0 Å². The molecule has 1 saturated heterocycles. The second-order valence-electron chi connectivity index (χ2n) is 7.42. The normalized spacial score (nSPS) is 18.1. The maximum Gasteiger partial charge on any atom is 0.225 e. The summed E-state index contributed by atoms with van der Waals surface area (Å²) < 4.78 is 0. The van der Waals surface area contributed by atoms with Crippen molar-refractivity contribution in [1.29, 1.82) is 0 Å². The molecule has 2 N–H and O–H groups in total. The fraction of sp³-hybridized carbons (Fsp3) is 0.600. The van der Waals surface area contributed by atoms with Gasteiger partial charge in [-0.15, -0.1) is 0 Å². The Morgan fingerprint density at radius 1 is 1.15 bits per heavy atom. The van der Waals surface area contributed by atoms with Gasteiger partial charge in [0.2, 0.25) is 11.8 Å². The Morgan fingerprint density at radius 3 is 2.46 bits per heavy atom. The summed E-state index contributed by atoms with van der Waals surface area (Å²) in [6.45, 7) is 9.16. The van der Waals surface area contributed by atoms with E-state index in [0.29, 0.717) is 13.0 Å². The van der Waals surface area contributed by atoms with Crippen LogP contribution in [0.4, 0.5) is 5.69 Å². The number of hydrogen-bond donors (Lipinski definition) is 2. The average Bonchev–Trinajstić information content (AvgIpc) is 2.81. The van der Waals surface area contributed by atoms with Crippen molar-refractivity contribution in [3.05, 3.63) is 29.8 Å². The van der Waals surface area contributed by atoms with Gasteiger partial charge < -0.3 is 15.3 Å². The van der Waals surface area contributed by atoms with Crippen LogP contribution in [0.5, 0.6) is 0 Å². The van der Waals surface area contributed by atoms with Crippen LogP contribution in [0.2, 0.25) is 0 Å². The van der Waals surface area contributed by atoms with Gasteiger partial charge in [0.1, 0.15) is 0 Å². The molecule has 0 aliphatic carbocycles. The van der Waals surface area contributed by atoms with Gasteiger partial charge in [0.15, 0.2) is 0 Å². The van der Waals surface area contributed by atoms with Gasteiger partial charge in [-0.3, -0.25) is 14.5 Å². The largest absolute Gasteiger partial charge is 0.390 e. The van der Waals surface area contributed by atoms with Gasteiger partial charge in [0.05, 0.1) is 12.0 Å². The Balaban J connectivity index is 1.86. The van der Waals surface area contributed by atoms with Crippen LogP contribution >= 0.6 is 0 Å². The lowest BCUT2D eigenvalue weighted by Crippen LogP contribution is -2.39. The molecule has 2 rings (SSSR count). The van der Waals surface area contributed by atoms with Gasteiger partial charge in [-0.1, -0.05) is 19.1 Å². The van der Waals surface area contributed by atoms with Crippen LogP contribution in [-0.2, 0) is 16.1 Å². The summed E-state index contributed by atoms with van der Waals surface area (Å²) in [5.74, 6) is -0.0320. The van der Waals surface area contributed by atoms with Crippen molar-refractivity contribution >= 4 is 17.5 Å². The Hall–Kier alpha value is -1.92. The molecular formula is C20H31N3O3. The Bertz CT molecular complexity index is 613. The van der Waals surface area contributed by atoms with Gasteiger partial charge in [-0.05, 0) is 37.5 Å². The first-order valence-electron chi connectivity index (χ1n) is 9.38. The van der Waals surface area contributed by atoms with Crippen LogP contribution < -0.4 is 5.32 Å². The average molecular weight is 361 g/mol. The molecule has 1 unspecified atom stereocenters. The summed E-state index contributed by atoms with van der Waals surface area (Å²) in [6.07, 6.45) is 1.70. The molecule has 6 heteroatoms. The molecule has 0 saturated carbocycles. The number of aliphatic hydroxyl groups is 1. The molecular weight excluding hydrogens is 330 g/mol. The van der Waals surface area contributed by atoms with E-state index in [0.717, 1.165) is 38.3 Å². The summed E-state index contributed by atoms with van der Waals surface area (Å²) in [5, 5.41) is 12.9. The van der Waals surface area contributed by atoms with Gasteiger partial charge in [-0.2, -0.15) is 0 Å². The quantitative estimate of drug-likeness (QED) is 0.815. The second-order valence-corrected chi connectivity index (χ2v) is 7.42. The van der Waals surface area contributed by atoms with Crippen molar-refractivity contribution in [2.75, 3.05) is 31.5 Å². The third kappa shape index (κ3) is 6.42. The van der Waals surface area contributed by atoms with E-state index in [4.69, 9.17) is 0 Å². The van der Waals surface area contributed by atoms with Crippen molar-refractivity contribution in [1.82, 2.24) is 9.80 Å². The number of carbonyl (C=O) groups is 2. The lowest BCUT2D eigenvalue weighted by atomic mass is 9.98. The van der Waals surface area contributed by atoms with E-state index in [1.54, 1.807) is 6.92 Å². The molecule has 1 fully saturated rings. The third-order valence-corrected chi connectivity index (χ3v) is 4.92. The SMILES string of the molecule is CCC(C)(O)CC(=O)N1CCCN(Cc2ccc(NC(C)=O)cc2)CC1. The number of nitrogens with zero attached hydrogens (tertiary/aromatic N) is 2. The predicted molar refractivity (Wildman–Crippen MR) is 103 cm³/mol. The Labute approximate surface area is 156 Å². The molecule has 0 radical (unpaired) electrons.